The van der Waals surface area contributed by atoms with E-state index in [4.69, 9.17) is 4.74 Å². The molecule has 13 heavy (non-hydrogen) atoms. The smallest absolute Gasteiger partial charge is 0.0988 e. The summed E-state index contributed by atoms with van der Waals surface area (Å²) in [5.74, 6) is 1.13. The molecule has 0 aliphatic carbocycles. The second-order valence-corrected chi connectivity index (χ2v) is 3.31. The molecule has 1 rings (SSSR count). The lowest BCUT2D eigenvalue weighted by Crippen LogP contribution is -2.39. The summed E-state index contributed by atoms with van der Waals surface area (Å²) in [7, 11) is 0. The van der Waals surface area contributed by atoms with Crippen molar-refractivity contribution in [2.24, 2.45) is 4.99 Å². The molecule has 0 amide bonds. The maximum atomic E-state index is 5.28. The third-order valence-electron chi connectivity index (χ3n) is 2.33. The third-order valence-corrected chi connectivity index (χ3v) is 2.33. The van der Waals surface area contributed by atoms with Gasteiger partial charge >= 0.3 is 0 Å². The molecular formula is C10H20N2O. The molecular weight excluding hydrogens is 164 g/mol. The fourth-order valence-corrected chi connectivity index (χ4v) is 1.48. The highest BCUT2D eigenvalue weighted by molar-refractivity contribution is 5.83. The van der Waals surface area contributed by atoms with E-state index in [0.717, 1.165) is 32.0 Å². The summed E-state index contributed by atoms with van der Waals surface area (Å²) >= 11 is 0. The predicted molar refractivity (Wildman–Crippen MR) is 55.2 cm³/mol. The number of aliphatic imine (C=N–C) groups is 1. The minimum absolute atomic E-state index is 0.633. The molecule has 3 nitrogen and oxygen atoms in total. The van der Waals surface area contributed by atoms with Crippen LogP contribution in [0.2, 0.25) is 0 Å². The SMILES string of the molecule is CCOCCC1=NCCC(CC)N1. The number of hydrogen-bond acceptors (Lipinski definition) is 3. The Labute approximate surface area is 80.6 Å². The van der Waals surface area contributed by atoms with E-state index < -0.39 is 0 Å². The molecule has 1 aliphatic heterocycles. The van der Waals surface area contributed by atoms with Crippen LogP contribution in [0.25, 0.3) is 0 Å². The molecule has 0 fully saturated rings. The average Bonchev–Trinajstić information content (AvgIpc) is 2.19. The lowest BCUT2D eigenvalue weighted by atomic mass is 10.1. The zero-order valence-electron chi connectivity index (χ0n) is 8.68. The Kier molecular flexibility index (Phi) is 4.83. The first-order valence-corrected chi connectivity index (χ1v) is 5.24. The van der Waals surface area contributed by atoms with Crippen LogP contribution in [0.15, 0.2) is 4.99 Å². The summed E-state index contributed by atoms with van der Waals surface area (Å²) in [6, 6.07) is 0.633. The van der Waals surface area contributed by atoms with Gasteiger partial charge in [-0.25, -0.2) is 0 Å². The predicted octanol–water partition coefficient (Wildman–Crippen LogP) is 1.58. The minimum Gasteiger partial charge on any atom is -0.381 e. The van der Waals surface area contributed by atoms with E-state index >= 15 is 0 Å². The number of hydrogen-bond donors (Lipinski definition) is 1. The van der Waals surface area contributed by atoms with Crippen LogP contribution >= 0.6 is 0 Å². The lowest BCUT2D eigenvalue weighted by Gasteiger charge is -2.23. The standard InChI is InChI=1S/C10H20N2O/c1-3-9-5-7-11-10(12-9)6-8-13-4-2/h9H,3-8H2,1-2H3,(H,11,12). The second kappa shape index (κ2) is 5.97. The maximum Gasteiger partial charge on any atom is 0.0988 e. The Morgan fingerprint density at radius 3 is 3.08 bits per heavy atom. The van der Waals surface area contributed by atoms with E-state index in [1.807, 2.05) is 6.92 Å². The number of nitrogens with one attached hydrogen (secondary N) is 1. The van der Waals surface area contributed by atoms with Crippen LogP contribution in [-0.2, 0) is 4.74 Å². The van der Waals surface area contributed by atoms with Crippen LogP contribution in [0.4, 0.5) is 0 Å². The summed E-state index contributed by atoms with van der Waals surface area (Å²) in [5, 5.41) is 3.43. The van der Waals surface area contributed by atoms with E-state index in [0.29, 0.717) is 6.04 Å². The zero-order chi connectivity index (χ0) is 9.52. The monoisotopic (exact) mass is 184 g/mol. The lowest BCUT2D eigenvalue weighted by molar-refractivity contribution is 0.154. The van der Waals surface area contributed by atoms with Gasteiger partial charge in [-0.05, 0) is 19.8 Å². The molecule has 1 N–H and O–H groups in total. The Morgan fingerprint density at radius 2 is 2.38 bits per heavy atom. The highest BCUT2D eigenvalue weighted by Crippen LogP contribution is 2.04. The van der Waals surface area contributed by atoms with Crippen LogP contribution in [0.1, 0.15) is 33.1 Å². The summed E-state index contributed by atoms with van der Waals surface area (Å²) in [5.41, 5.74) is 0. The van der Waals surface area contributed by atoms with Crippen molar-refractivity contribution in [3.8, 4) is 0 Å². The number of nitrogens with zero attached hydrogens (tertiary/aromatic N) is 1. The van der Waals surface area contributed by atoms with Crippen molar-refractivity contribution in [3.05, 3.63) is 0 Å². The zero-order valence-corrected chi connectivity index (χ0v) is 8.68. The van der Waals surface area contributed by atoms with Gasteiger partial charge in [-0.15, -0.1) is 0 Å². The molecule has 1 heterocycles. The molecule has 0 radical (unpaired) electrons. The van der Waals surface area contributed by atoms with Crippen molar-refractivity contribution in [1.82, 2.24) is 5.32 Å². The Bertz CT molecular complexity index is 168. The van der Waals surface area contributed by atoms with Crippen LogP contribution in [0.5, 0.6) is 0 Å². The normalized spacial score (nSPS) is 22.3. The summed E-state index contributed by atoms with van der Waals surface area (Å²) in [6.07, 6.45) is 3.30. The van der Waals surface area contributed by atoms with Gasteiger partial charge in [0.25, 0.3) is 0 Å². The van der Waals surface area contributed by atoms with E-state index in [2.05, 4.69) is 17.2 Å². The van der Waals surface area contributed by atoms with Gasteiger partial charge in [-0.3, -0.25) is 4.99 Å². The number of rotatable bonds is 5. The molecule has 1 atom stereocenters. The molecule has 0 aromatic heterocycles. The molecule has 0 spiro atoms. The highest BCUT2D eigenvalue weighted by atomic mass is 16.5. The van der Waals surface area contributed by atoms with Gasteiger partial charge in [0.1, 0.15) is 0 Å². The van der Waals surface area contributed by atoms with E-state index in [9.17, 15) is 0 Å². The molecule has 0 saturated heterocycles. The quantitative estimate of drug-likeness (QED) is 0.658. The molecule has 0 saturated carbocycles. The minimum atomic E-state index is 0.633. The van der Waals surface area contributed by atoms with Crippen LogP contribution < -0.4 is 5.32 Å². The first kappa shape index (κ1) is 10.5. The molecule has 0 aromatic rings. The molecule has 0 bridgehead atoms. The van der Waals surface area contributed by atoms with Gasteiger partial charge in [0.2, 0.25) is 0 Å². The highest BCUT2D eigenvalue weighted by Gasteiger charge is 2.12. The molecule has 1 aliphatic rings. The summed E-state index contributed by atoms with van der Waals surface area (Å²) in [4.78, 5) is 4.42. The first-order valence-electron chi connectivity index (χ1n) is 5.24. The number of amidine groups is 1. The molecule has 76 valence electrons. The van der Waals surface area contributed by atoms with Gasteiger partial charge in [0.05, 0.1) is 12.4 Å². The third kappa shape index (κ3) is 3.77. The molecule has 1 unspecified atom stereocenters. The Morgan fingerprint density at radius 1 is 1.54 bits per heavy atom. The van der Waals surface area contributed by atoms with E-state index in [-0.39, 0.29) is 0 Å². The van der Waals surface area contributed by atoms with Crippen LogP contribution in [-0.4, -0.2) is 31.6 Å². The van der Waals surface area contributed by atoms with Crippen molar-refractivity contribution < 1.29 is 4.74 Å². The summed E-state index contributed by atoms with van der Waals surface area (Å²) in [6.45, 7) is 6.80. The van der Waals surface area contributed by atoms with Crippen molar-refractivity contribution in [1.29, 1.82) is 0 Å². The fourth-order valence-electron chi connectivity index (χ4n) is 1.48. The Balaban J connectivity index is 2.21. The second-order valence-electron chi connectivity index (χ2n) is 3.31. The summed E-state index contributed by atoms with van der Waals surface area (Å²) < 4.78 is 5.28. The van der Waals surface area contributed by atoms with Gasteiger partial charge in [0.15, 0.2) is 0 Å². The topological polar surface area (TPSA) is 33.6 Å². The Hall–Kier alpha value is -0.570. The fraction of sp³-hybridized carbons (Fsp3) is 0.900. The van der Waals surface area contributed by atoms with Crippen LogP contribution in [0.3, 0.4) is 0 Å². The largest absolute Gasteiger partial charge is 0.381 e. The van der Waals surface area contributed by atoms with Crippen molar-refractivity contribution in [3.63, 3.8) is 0 Å². The van der Waals surface area contributed by atoms with Crippen molar-refractivity contribution in [2.75, 3.05) is 19.8 Å². The number of ether oxygens (including phenoxy) is 1. The van der Waals surface area contributed by atoms with Crippen molar-refractivity contribution in [2.45, 2.75) is 39.2 Å². The average molecular weight is 184 g/mol. The van der Waals surface area contributed by atoms with E-state index in [1.165, 1.54) is 12.8 Å². The van der Waals surface area contributed by atoms with Crippen LogP contribution in [0, 0.1) is 0 Å². The molecule has 3 heteroatoms. The van der Waals surface area contributed by atoms with Crippen molar-refractivity contribution >= 4 is 5.84 Å². The van der Waals surface area contributed by atoms with Gasteiger partial charge in [-0.2, -0.15) is 0 Å². The van der Waals surface area contributed by atoms with E-state index in [1.54, 1.807) is 0 Å². The molecule has 0 aromatic carbocycles. The first-order chi connectivity index (χ1) is 6.36. The maximum absolute atomic E-state index is 5.28. The van der Waals surface area contributed by atoms with Gasteiger partial charge in [0, 0.05) is 25.6 Å². The van der Waals surface area contributed by atoms with Gasteiger partial charge < -0.3 is 10.1 Å². The van der Waals surface area contributed by atoms with Gasteiger partial charge in [-0.1, -0.05) is 6.92 Å².